The van der Waals surface area contributed by atoms with E-state index in [1.54, 1.807) is 19.4 Å². The summed E-state index contributed by atoms with van der Waals surface area (Å²) in [6.45, 7) is 0. The van der Waals surface area contributed by atoms with E-state index in [2.05, 4.69) is 10.5 Å². The summed E-state index contributed by atoms with van der Waals surface area (Å²) in [6.07, 6.45) is 3.13. The van der Waals surface area contributed by atoms with Crippen molar-refractivity contribution in [3.8, 4) is 5.75 Å². The quantitative estimate of drug-likeness (QED) is 0.224. The van der Waals surface area contributed by atoms with Crippen LogP contribution in [0.4, 0.5) is 0 Å². The van der Waals surface area contributed by atoms with Crippen LogP contribution in [0.25, 0.3) is 0 Å². The maximum atomic E-state index is 12.4. The number of hydrazone groups is 1. The molecule has 4 nitrogen and oxygen atoms in total. The number of hydrogen-bond acceptors (Lipinski definition) is 5. The van der Waals surface area contributed by atoms with E-state index < -0.39 is 0 Å². The van der Waals surface area contributed by atoms with Gasteiger partial charge in [0.15, 0.2) is 0 Å². The molecule has 0 bridgehead atoms. The number of methoxy groups -OCH3 is 1. The molecule has 6 heteroatoms. The molecule has 146 valence electrons. The van der Waals surface area contributed by atoms with Crippen molar-refractivity contribution < 1.29 is 9.53 Å². The molecule has 0 fully saturated rings. The van der Waals surface area contributed by atoms with Gasteiger partial charge in [0.25, 0.3) is 5.91 Å². The molecule has 0 aliphatic rings. The Kier molecular flexibility index (Phi) is 7.98. The molecule has 1 N–H and O–H groups in total. The van der Waals surface area contributed by atoms with Crippen LogP contribution in [0.1, 0.15) is 5.56 Å². The average Bonchev–Trinajstić information content (AvgIpc) is 2.75. The minimum atomic E-state index is -0.294. The summed E-state index contributed by atoms with van der Waals surface area (Å²) in [4.78, 5) is 14.5. The van der Waals surface area contributed by atoms with Crippen molar-refractivity contribution in [2.75, 3.05) is 7.11 Å². The molecular weight excluding hydrogens is 400 g/mol. The van der Waals surface area contributed by atoms with Crippen LogP contribution in [0.2, 0.25) is 0 Å². The lowest BCUT2D eigenvalue weighted by Crippen LogP contribution is -2.14. The predicted molar refractivity (Wildman–Crippen MR) is 121 cm³/mol. The van der Waals surface area contributed by atoms with Crippen LogP contribution in [-0.2, 0) is 4.79 Å². The number of benzene rings is 3. The van der Waals surface area contributed by atoms with Gasteiger partial charge in [0, 0.05) is 21.4 Å². The smallest absolute Gasteiger partial charge is 0.265 e. The van der Waals surface area contributed by atoms with Gasteiger partial charge in [-0.05, 0) is 36.4 Å². The average molecular weight is 421 g/mol. The Balaban J connectivity index is 1.71. The van der Waals surface area contributed by atoms with Gasteiger partial charge < -0.3 is 4.74 Å². The first-order chi connectivity index (χ1) is 14.2. The van der Waals surface area contributed by atoms with Crippen molar-refractivity contribution in [2.24, 2.45) is 5.10 Å². The van der Waals surface area contributed by atoms with Gasteiger partial charge in [0.1, 0.15) is 5.75 Å². The molecule has 0 radical (unpaired) electrons. The van der Waals surface area contributed by atoms with E-state index >= 15 is 0 Å². The minimum absolute atomic E-state index is 0.294. The van der Waals surface area contributed by atoms with E-state index in [1.165, 1.54) is 23.5 Å². The number of ether oxygens (including phenoxy) is 1. The number of carbonyl (C=O) groups excluding carboxylic acids is 1. The lowest BCUT2D eigenvalue weighted by atomic mass is 10.2. The number of amides is 1. The van der Waals surface area contributed by atoms with Crippen LogP contribution in [-0.4, -0.2) is 19.2 Å². The van der Waals surface area contributed by atoms with Gasteiger partial charge in [-0.25, -0.2) is 5.43 Å². The van der Waals surface area contributed by atoms with Crippen molar-refractivity contribution in [1.82, 2.24) is 5.43 Å². The maximum Gasteiger partial charge on any atom is 0.265 e. The molecule has 0 spiro atoms. The molecule has 0 atom stereocenters. The molecule has 3 aromatic carbocycles. The highest BCUT2D eigenvalue weighted by Crippen LogP contribution is 2.38. The topological polar surface area (TPSA) is 50.7 Å². The molecule has 0 aromatic heterocycles. The Hall–Kier alpha value is -2.96. The van der Waals surface area contributed by atoms with E-state index in [0.29, 0.717) is 5.75 Å². The van der Waals surface area contributed by atoms with E-state index in [-0.39, 0.29) is 5.91 Å². The highest BCUT2D eigenvalue weighted by Gasteiger charge is 2.07. The molecule has 29 heavy (non-hydrogen) atoms. The van der Waals surface area contributed by atoms with Crippen LogP contribution in [0.3, 0.4) is 0 Å². The zero-order valence-corrected chi connectivity index (χ0v) is 17.5. The van der Waals surface area contributed by atoms with Crippen molar-refractivity contribution in [1.29, 1.82) is 0 Å². The zero-order valence-electron chi connectivity index (χ0n) is 15.8. The molecule has 0 unspecified atom stereocenters. The van der Waals surface area contributed by atoms with E-state index in [9.17, 15) is 4.79 Å². The van der Waals surface area contributed by atoms with E-state index in [4.69, 9.17) is 4.74 Å². The summed E-state index contributed by atoms with van der Waals surface area (Å²) < 4.78 is 6.13. The number of hydrogen-bond donors (Lipinski definition) is 1. The van der Waals surface area contributed by atoms with Crippen LogP contribution in [0.15, 0.2) is 110 Å². The molecular formula is C23H20N2O2S2. The monoisotopic (exact) mass is 420 g/mol. The van der Waals surface area contributed by atoms with Crippen LogP contribution in [0, 0.1) is 0 Å². The molecule has 1 amide bonds. The Bertz CT molecular complexity index is 947. The summed E-state index contributed by atoms with van der Waals surface area (Å²) in [5.74, 6) is 0.402. The predicted octanol–water partition coefficient (Wildman–Crippen LogP) is 5.57. The maximum absolute atomic E-state index is 12.4. The van der Waals surface area contributed by atoms with Crippen LogP contribution >= 0.6 is 23.5 Å². The Morgan fingerprint density at radius 3 is 2.00 bits per heavy atom. The largest absolute Gasteiger partial charge is 0.496 e. The van der Waals surface area contributed by atoms with Gasteiger partial charge in [-0.15, -0.1) is 0 Å². The van der Waals surface area contributed by atoms with Gasteiger partial charge in [-0.1, -0.05) is 72.1 Å². The number of nitrogens with one attached hydrogen (secondary N) is 1. The summed E-state index contributed by atoms with van der Waals surface area (Å²) in [5.41, 5.74) is 3.35. The third-order valence-corrected chi connectivity index (χ3v) is 5.84. The van der Waals surface area contributed by atoms with Crippen molar-refractivity contribution in [3.63, 3.8) is 0 Å². The van der Waals surface area contributed by atoms with Gasteiger partial charge in [-0.3, -0.25) is 4.79 Å². The number of carbonyl (C=O) groups is 1. The normalized spacial score (nSPS) is 10.5. The van der Waals surface area contributed by atoms with Gasteiger partial charge >= 0.3 is 0 Å². The highest BCUT2D eigenvalue weighted by molar-refractivity contribution is 8.22. The summed E-state index contributed by atoms with van der Waals surface area (Å²) in [5, 5.41) is 4.05. The Labute approximate surface area is 179 Å². The van der Waals surface area contributed by atoms with Gasteiger partial charge in [0.05, 0.1) is 17.6 Å². The van der Waals surface area contributed by atoms with Crippen molar-refractivity contribution in [3.05, 3.63) is 101 Å². The van der Waals surface area contributed by atoms with Gasteiger partial charge in [-0.2, -0.15) is 5.10 Å². The minimum Gasteiger partial charge on any atom is -0.496 e. The SMILES string of the molecule is COc1ccccc1/C=N/NC(=O)C=C(Sc1ccccc1)Sc1ccccc1. The second-order valence-electron chi connectivity index (χ2n) is 5.77. The van der Waals surface area contributed by atoms with Crippen LogP contribution in [0.5, 0.6) is 5.75 Å². The first-order valence-electron chi connectivity index (χ1n) is 8.88. The molecule has 0 saturated carbocycles. The van der Waals surface area contributed by atoms with Crippen molar-refractivity contribution in [2.45, 2.75) is 9.79 Å². The second kappa shape index (κ2) is 11.1. The van der Waals surface area contributed by atoms with Crippen molar-refractivity contribution >= 4 is 35.6 Å². The number of thioether (sulfide) groups is 2. The summed E-state index contributed by atoms with van der Waals surface area (Å²) in [7, 11) is 1.60. The zero-order chi connectivity index (χ0) is 20.3. The number of nitrogens with zero attached hydrogens (tertiary/aromatic N) is 1. The summed E-state index contributed by atoms with van der Waals surface area (Å²) >= 11 is 3.08. The Morgan fingerprint density at radius 2 is 1.41 bits per heavy atom. The molecule has 0 aliphatic carbocycles. The summed E-state index contributed by atoms with van der Waals surface area (Å²) in [6, 6.07) is 27.4. The highest BCUT2D eigenvalue weighted by atomic mass is 32.2. The standard InChI is InChI=1S/C23H20N2O2S2/c1-27-21-15-9-8-10-18(21)17-24-25-22(26)16-23(28-19-11-4-2-5-12-19)29-20-13-6-3-7-14-20/h2-17H,1H3,(H,25,26)/b24-17+. The first-order valence-corrected chi connectivity index (χ1v) is 10.5. The number of rotatable bonds is 8. The van der Waals surface area contributed by atoms with E-state index in [1.807, 2.05) is 84.9 Å². The van der Waals surface area contributed by atoms with E-state index in [0.717, 1.165) is 19.6 Å². The molecule has 0 aliphatic heterocycles. The molecule has 3 aromatic rings. The lowest BCUT2D eigenvalue weighted by molar-refractivity contribution is -0.116. The lowest BCUT2D eigenvalue weighted by Gasteiger charge is -2.07. The van der Waals surface area contributed by atoms with Crippen LogP contribution < -0.4 is 10.2 Å². The fourth-order valence-corrected chi connectivity index (χ4v) is 4.49. The fourth-order valence-electron chi connectivity index (χ4n) is 2.37. The third kappa shape index (κ3) is 6.85. The molecule has 0 heterocycles. The fraction of sp³-hybridized carbons (Fsp3) is 0.0435. The molecule has 0 saturated heterocycles. The third-order valence-electron chi connectivity index (χ3n) is 3.69. The molecule has 3 rings (SSSR count). The Morgan fingerprint density at radius 1 is 0.862 bits per heavy atom. The second-order valence-corrected chi connectivity index (χ2v) is 8.26. The van der Waals surface area contributed by atoms with Gasteiger partial charge in [0.2, 0.25) is 0 Å². The first kappa shape index (κ1) is 20.8. The number of para-hydroxylation sites is 1.